The predicted molar refractivity (Wildman–Crippen MR) is 75.9 cm³/mol. The normalized spacial score (nSPS) is 17.1. The maximum atomic E-state index is 11.9. The molecule has 1 fully saturated rings. The number of anilines is 1. The largest absolute Gasteiger partial charge is 0.495 e. The summed E-state index contributed by atoms with van der Waals surface area (Å²) in [6, 6.07) is 3.96. The fourth-order valence-electron chi connectivity index (χ4n) is 2.08. The standard InChI is InChI=1S/C13H15N3O6/c1-8(17)14-6-10-7-15(13(18)22-10)11-5-9(16(19)20)3-4-12(11)21-2/h3-5,10H,6-7H2,1-2H3,(H,14,17)/t10-/m0/s1. The van der Waals surface area contributed by atoms with Crippen LogP contribution in [0.15, 0.2) is 18.2 Å². The molecule has 0 unspecified atom stereocenters. The number of carbonyl (C=O) groups is 2. The van der Waals surface area contributed by atoms with Gasteiger partial charge in [0.25, 0.3) is 5.69 Å². The van der Waals surface area contributed by atoms with E-state index in [0.717, 1.165) is 0 Å². The first-order valence-corrected chi connectivity index (χ1v) is 6.47. The molecular formula is C13H15N3O6. The number of amides is 2. The number of non-ortho nitro benzene ring substituents is 1. The first kappa shape index (κ1) is 15.5. The highest BCUT2D eigenvalue weighted by Gasteiger charge is 2.34. The number of methoxy groups -OCH3 is 1. The second-order valence-corrected chi connectivity index (χ2v) is 4.67. The van der Waals surface area contributed by atoms with Crippen molar-refractivity contribution in [2.24, 2.45) is 0 Å². The Balaban J connectivity index is 2.23. The summed E-state index contributed by atoms with van der Waals surface area (Å²) < 4.78 is 10.3. The van der Waals surface area contributed by atoms with Crippen LogP contribution in [-0.4, -0.2) is 43.2 Å². The van der Waals surface area contributed by atoms with Crippen LogP contribution in [-0.2, 0) is 9.53 Å². The lowest BCUT2D eigenvalue weighted by atomic mass is 10.2. The Bertz CT molecular complexity index is 618. The van der Waals surface area contributed by atoms with Gasteiger partial charge in [-0.2, -0.15) is 0 Å². The molecule has 22 heavy (non-hydrogen) atoms. The predicted octanol–water partition coefficient (Wildman–Crippen LogP) is 1.06. The molecule has 118 valence electrons. The minimum Gasteiger partial charge on any atom is -0.495 e. The zero-order valence-electron chi connectivity index (χ0n) is 12.1. The third-order valence-corrected chi connectivity index (χ3v) is 3.12. The summed E-state index contributed by atoms with van der Waals surface area (Å²) in [4.78, 5) is 34.4. The van der Waals surface area contributed by atoms with E-state index in [1.54, 1.807) is 0 Å². The number of nitrogens with zero attached hydrogens (tertiary/aromatic N) is 2. The Morgan fingerprint density at radius 3 is 2.91 bits per heavy atom. The highest BCUT2D eigenvalue weighted by atomic mass is 16.6. The Hall–Kier alpha value is -2.84. The van der Waals surface area contributed by atoms with Gasteiger partial charge >= 0.3 is 6.09 Å². The summed E-state index contributed by atoms with van der Waals surface area (Å²) in [5.41, 5.74) is 0.0981. The minimum absolute atomic E-state index is 0.158. The molecule has 1 heterocycles. The van der Waals surface area contributed by atoms with Crippen LogP contribution in [0.25, 0.3) is 0 Å². The van der Waals surface area contributed by atoms with Gasteiger partial charge in [-0.1, -0.05) is 0 Å². The maximum absolute atomic E-state index is 11.9. The van der Waals surface area contributed by atoms with E-state index in [9.17, 15) is 19.7 Å². The third kappa shape index (κ3) is 3.25. The van der Waals surface area contributed by atoms with Gasteiger partial charge < -0.3 is 14.8 Å². The van der Waals surface area contributed by atoms with E-state index in [1.807, 2.05) is 0 Å². The molecule has 1 N–H and O–H groups in total. The molecule has 9 heteroatoms. The van der Waals surface area contributed by atoms with Gasteiger partial charge in [0.2, 0.25) is 5.91 Å². The van der Waals surface area contributed by atoms with E-state index >= 15 is 0 Å². The van der Waals surface area contributed by atoms with Gasteiger partial charge in [0.1, 0.15) is 11.9 Å². The number of rotatable bonds is 5. The zero-order chi connectivity index (χ0) is 16.3. The van der Waals surface area contributed by atoms with Gasteiger partial charge in [0.15, 0.2) is 0 Å². The van der Waals surface area contributed by atoms with Crippen LogP contribution in [0.5, 0.6) is 5.75 Å². The summed E-state index contributed by atoms with van der Waals surface area (Å²) in [5, 5.41) is 13.4. The molecule has 1 aliphatic heterocycles. The molecule has 0 aromatic heterocycles. The van der Waals surface area contributed by atoms with Crippen molar-refractivity contribution in [2.75, 3.05) is 25.1 Å². The molecule has 1 aliphatic rings. The smallest absolute Gasteiger partial charge is 0.414 e. The van der Waals surface area contributed by atoms with Crippen LogP contribution in [0.4, 0.5) is 16.2 Å². The van der Waals surface area contributed by atoms with Gasteiger partial charge in [-0.05, 0) is 6.07 Å². The number of nitrogens with one attached hydrogen (secondary N) is 1. The van der Waals surface area contributed by atoms with Crippen LogP contribution >= 0.6 is 0 Å². The molecule has 2 rings (SSSR count). The molecule has 9 nitrogen and oxygen atoms in total. The number of cyclic esters (lactones) is 1. The molecular weight excluding hydrogens is 294 g/mol. The first-order valence-electron chi connectivity index (χ1n) is 6.47. The highest BCUT2D eigenvalue weighted by Crippen LogP contribution is 2.34. The van der Waals surface area contributed by atoms with Crippen molar-refractivity contribution in [2.45, 2.75) is 13.0 Å². The number of carbonyl (C=O) groups excluding carboxylic acids is 2. The lowest BCUT2D eigenvalue weighted by molar-refractivity contribution is -0.384. The first-order chi connectivity index (χ1) is 10.4. The topological polar surface area (TPSA) is 111 Å². The molecule has 0 spiro atoms. The molecule has 1 aromatic carbocycles. The van der Waals surface area contributed by atoms with E-state index in [-0.39, 0.29) is 30.4 Å². The van der Waals surface area contributed by atoms with Crippen molar-refractivity contribution in [1.82, 2.24) is 5.32 Å². The Morgan fingerprint density at radius 1 is 1.59 bits per heavy atom. The van der Waals surface area contributed by atoms with Crippen molar-refractivity contribution in [3.8, 4) is 5.75 Å². The van der Waals surface area contributed by atoms with Gasteiger partial charge in [-0.15, -0.1) is 0 Å². The number of benzene rings is 1. The lowest BCUT2D eigenvalue weighted by Gasteiger charge is -2.16. The molecule has 0 radical (unpaired) electrons. The quantitative estimate of drug-likeness (QED) is 0.643. The summed E-state index contributed by atoms with van der Waals surface area (Å²) in [7, 11) is 1.40. The van der Waals surface area contributed by atoms with E-state index in [0.29, 0.717) is 5.75 Å². The van der Waals surface area contributed by atoms with E-state index in [4.69, 9.17) is 9.47 Å². The molecule has 1 saturated heterocycles. The summed E-state index contributed by atoms with van der Waals surface area (Å²) in [5.74, 6) is 0.0881. The van der Waals surface area contributed by atoms with Gasteiger partial charge in [-0.25, -0.2) is 4.79 Å². The summed E-state index contributed by atoms with van der Waals surface area (Å²) >= 11 is 0. The fourth-order valence-corrected chi connectivity index (χ4v) is 2.08. The summed E-state index contributed by atoms with van der Waals surface area (Å²) in [6.45, 7) is 1.70. The monoisotopic (exact) mass is 309 g/mol. The van der Waals surface area contributed by atoms with Crippen molar-refractivity contribution >= 4 is 23.4 Å². The van der Waals surface area contributed by atoms with E-state index in [1.165, 1.54) is 37.1 Å². The molecule has 1 atom stereocenters. The molecule has 0 bridgehead atoms. The maximum Gasteiger partial charge on any atom is 0.414 e. The lowest BCUT2D eigenvalue weighted by Crippen LogP contribution is -2.33. The third-order valence-electron chi connectivity index (χ3n) is 3.12. The van der Waals surface area contributed by atoms with Gasteiger partial charge in [0.05, 0.1) is 30.8 Å². The Morgan fingerprint density at radius 2 is 2.32 bits per heavy atom. The number of nitro benzene ring substituents is 1. The van der Waals surface area contributed by atoms with Crippen molar-refractivity contribution < 1.29 is 24.0 Å². The zero-order valence-corrected chi connectivity index (χ0v) is 12.1. The van der Waals surface area contributed by atoms with Crippen LogP contribution in [0.2, 0.25) is 0 Å². The van der Waals surface area contributed by atoms with E-state index in [2.05, 4.69) is 5.32 Å². The number of hydrogen-bond donors (Lipinski definition) is 1. The Kier molecular flexibility index (Phi) is 4.44. The molecule has 0 aliphatic carbocycles. The second kappa shape index (κ2) is 6.29. The molecule has 1 aromatic rings. The number of ether oxygens (including phenoxy) is 2. The SMILES string of the molecule is COc1ccc([N+](=O)[O-])cc1N1C[C@H](CNC(C)=O)OC1=O. The second-order valence-electron chi connectivity index (χ2n) is 4.67. The number of nitro groups is 1. The van der Waals surface area contributed by atoms with Crippen LogP contribution in [0.1, 0.15) is 6.92 Å². The molecule has 2 amide bonds. The van der Waals surface area contributed by atoms with Crippen LogP contribution < -0.4 is 15.0 Å². The molecule has 0 saturated carbocycles. The number of hydrogen-bond acceptors (Lipinski definition) is 6. The van der Waals surface area contributed by atoms with E-state index < -0.39 is 17.1 Å². The summed E-state index contributed by atoms with van der Waals surface area (Å²) in [6.07, 6.45) is -1.17. The fraction of sp³-hybridized carbons (Fsp3) is 0.385. The average Bonchev–Trinajstić information content (AvgIpc) is 2.85. The van der Waals surface area contributed by atoms with Crippen molar-refractivity contribution in [3.05, 3.63) is 28.3 Å². The van der Waals surface area contributed by atoms with Crippen molar-refractivity contribution in [3.63, 3.8) is 0 Å². The minimum atomic E-state index is -0.644. The Labute approximate surface area is 125 Å². The average molecular weight is 309 g/mol. The van der Waals surface area contributed by atoms with Crippen molar-refractivity contribution in [1.29, 1.82) is 0 Å². The van der Waals surface area contributed by atoms with Gasteiger partial charge in [0, 0.05) is 19.1 Å². The van der Waals surface area contributed by atoms with Gasteiger partial charge in [-0.3, -0.25) is 19.8 Å². The van der Waals surface area contributed by atoms with Crippen LogP contribution in [0, 0.1) is 10.1 Å². The highest BCUT2D eigenvalue weighted by molar-refractivity contribution is 5.92. The van der Waals surface area contributed by atoms with Crippen LogP contribution in [0.3, 0.4) is 0 Å².